The molecule has 0 amide bonds. The SMILES string of the molecule is CCNCc1ccnc(Oc2cccc(F)c2F)c1F. The third kappa shape index (κ3) is 3.08. The number of rotatable bonds is 5. The normalized spacial score (nSPS) is 10.6. The summed E-state index contributed by atoms with van der Waals surface area (Å²) in [6, 6.07) is 4.92. The topological polar surface area (TPSA) is 34.2 Å². The van der Waals surface area contributed by atoms with Gasteiger partial charge >= 0.3 is 0 Å². The van der Waals surface area contributed by atoms with E-state index in [1.165, 1.54) is 24.4 Å². The monoisotopic (exact) mass is 282 g/mol. The zero-order valence-electron chi connectivity index (χ0n) is 10.8. The summed E-state index contributed by atoms with van der Waals surface area (Å²) in [4.78, 5) is 3.70. The second-order valence-corrected chi connectivity index (χ2v) is 4.02. The minimum Gasteiger partial charge on any atom is -0.433 e. The van der Waals surface area contributed by atoms with Crippen molar-refractivity contribution in [3.63, 3.8) is 0 Å². The van der Waals surface area contributed by atoms with Crippen LogP contribution in [0.15, 0.2) is 30.5 Å². The predicted molar refractivity (Wildman–Crippen MR) is 68.0 cm³/mol. The van der Waals surface area contributed by atoms with Crippen LogP contribution < -0.4 is 10.1 Å². The van der Waals surface area contributed by atoms with Gasteiger partial charge in [-0.3, -0.25) is 0 Å². The summed E-state index contributed by atoms with van der Waals surface area (Å²) < 4.78 is 45.6. The lowest BCUT2D eigenvalue weighted by molar-refractivity contribution is 0.381. The van der Waals surface area contributed by atoms with E-state index in [1.54, 1.807) is 0 Å². The molecule has 1 aromatic carbocycles. The molecule has 106 valence electrons. The molecule has 1 heterocycles. The van der Waals surface area contributed by atoms with Crippen LogP contribution in [0.5, 0.6) is 11.6 Å². The lowest BCUT2D eigenvalue weighted by Crippen LogP contribution is -2.13. The number of hydrogen-bond donors (Lipinski definition) is 1. The largest absolute Gasteiger partial charge is 0.433 e. The number of hydrogen-bond acceptors (Lipinski definition) is 3. The van der Waals surface area contributed by atoms with Gasteiger partial charge in [-0.05, 0) is 24.7 Å². The summed E-state index contributed by atoms with van der Waals surface area (Å²) in [5, 5.41) is 2.96. The van der Waals surface area contributed by atoms with Gasteiger partial charge in [-0.15, -0.1) is 0 Å². The zero-order chi connectivity index (χ0) is 14.5. The van der Waals surface area contributed by atoms with E-state index in [0.717, 1.165) is 6.07 Å². The molecule has 0 saturated heterocycles. The van der Waals surface area contributed by atoms with Gasteiger partial charge in [0.2, 0.25) is 5.82 Å². The van der Waals surface area contributed by atoms with Crippen molar-refractivity contribution < 1.29 is 17.9 Å². The van der Waals surface area contributed by atoms with Crippen LogP contribution in [0.2, 0.25) is 0 Å². The van der Waals surface area contributed by atoms with Crippen LogP contribution in [-0.2, 0) is 6.54 Å². The number of aromatic nitrogens is 1. The van der Waals surface area contributed by atoms with Crippen LogP contribution in [0.3, 0.4) is 0 Å². The van der Waals surface area contributed by atoms with E-state index in [4.69, 9.17) is 4.74 Å². The molecule has 20 heavy (non-hydrogen) atoms. The van der Waals surface area contributed by atoms with Crippen LogP contribution in [0.4, 0.5) is 13.2 Å². The lowest BCUT2D eigenvalue weighted by Gasteiger charge is -2.09. The van der Waals surface area contributed by atoms with Gasteiger partial charge in [0.05, 0.1) is 0 Å². The Hall–Kier alpha value is -2.08. The van der Waals surface area contributed by atoms with Crippen molar-refractivity contribution in [2.45, 2.75) is 13.5 Å². The van der Waals surface area contributed by atoms with Crippen LogP contribution >= 0.6 is 0 Å². The fraction of sp³-hybridized carbons (Fsp3) is 0.214. The van der Waals surface area contributed by atoms with Crippen molar-refractivity contribution in [2.75, 3.05) is 6.54 Å². The lowest BCUT2D eigenvalue weighted by atomic mass is 10.2. The maximum atomic E-state index is 14.1. The van der Waals surface area contributed by atoms with Crippen LogP contribution in [0.1, 0.15) is 12.5 Å². The molecule has 1 aromatic heterocycles. The minimum atomic E-state index is -1.18. The molecule has 0 unspecified atom stereocenters. The first-order chi connectivity index (χ1) is 9.63. The molecule has 2 rings (SSSR count). The van der Waals surface area contributed by atoms with E-state index in [1.807, 2.05) is 6.92 Å². The fourth-order valence-corrected chi connectivity index (χ4v) is 1.60. The molecule has 0 atom stereocenters. The molecule has 2 aromatic rings. The number of pyridine rings is 1. The van der Waals surface area contributed by atoms with Gasteiger partial charge in [0.25, 0.3) is 5.88 Å². The summed E-state index contributed by atoms with van der Waals surface area (Å²) in [5.74, 6) is -3.73. The molecule has 0 radical (unpaired) electrons. The van der Waals surface area contributed by atoms with E-state index >= 15 is 0 Å². The Balaban J connectivity index is 2.27. The van der Waals surface area contributed by atoms with E-state index in [0.29, 0.717) is 18.7 Å². The molecule has 0 bridgehead atoms. The summed E-state index contributed by atoms with van der Waals surface area (Å²) in [6.07, 6.45) is 1.35. The van der Waals surface area contributed by atoms with Gasteiger partial charge < -0.3 is 10.1 Å². The van der Waals surface area contributed by atoms with Gasteiger partial charge in [-0.2, -0.15) is 4.39 Å². The highest BCUT2D eigenvalue weighted by atomic mass is 19.2. The molecule has 6 heteroatoms. The Morgan fingerprint density at radius 1 is 1.15 bits per heavy atom. The molecule has 0 spiro atoms. The van der Waals surface area contributed by atoms with E-state index in [-0.39, 0.29) is 5.88 Å². The molecular formula is C14H13F3N2O. The summed E-state index contributed by atoms with van der Waals surface area (Å²) in [5.41, 5.74) is 0.341. The molecular weight excluding hydrogens is 269 g/mol. The van der Waals surface area contributed by atoms with Crippen molar-refractivity contribution in [3.8, 4) is 11.6 Å². The maximum absolute atomic E-state index is 14.1. The third-order valence-electron chi connectivity index (χ3n) is 2.63. The van der Waals surface area contributed by atoms with Gasteiger partial charge in [0.15, 0.2) is 17.4 Å². The van der Waals surface area contributed by atoms with Crippen molar-refractivity contribution in [1.29, 1.82) is 0 Å². The van der Waals surface area contributed by atoms with Gasteiger partial charge in [-0.1, -0.05) is 13.0 Å². The number of benzene rings is 1. The molecule has 0 aliphatic carbocycles. The van der Waals surface area contributed by atoms with Gasteiger partial charge in [-0.25, -0.2) is 13.8 Å². The second-order valence-electron chi connectivity index (χ2n) is 4.02. The first-order valence-corrected chi connectivity index (χ1v) is 6.09. The second kappa shape index (κ2) is 6.38. The fourth-order valence-electron chi connectivity index (χ4n) is 1.60. The Kier molecular flexibility index (Phi) is 4.57. The van der Waals surface area contributed by atoms with Crippen molar-refractivity contribution in [1.82, 2.24) is 10.3 Å². The predicted octanol–water partition coefficient (Wildman–Crippen LogP) is 3.40. The minimum absolute atomic E-state index is 0.298. The van der Waals surface area contributed by atoms with Gasteiger partial charge in [0, 0.05) is 18.3 Å². The molecule has 0 fully saturated rings. The Bertz CT molecular complexity index is 605. The van der Waals surface area contributed by atoms with E-state index < -0.39 is 23.2 Å². The summed E-state index contributed by atoms with van der Waals surface area (Å²) >= 11 is 0. The van der Waals surface area contributed by atoms with Gasteiger partial charge in [0.1, 0.15) is 0 Å². The van der Waals surface area contributed by atoms with Crippen LogP contribution in [0, 0.1) is 17.5 Å². The molecule has 3 nitrogen and oxygen atoms in total. The summed E-state index contributed by atoms with van der Waals surface area (Å²) in [6.45, 7) is 2.86. The average Bonchev–Trinajstić information content (AvgIpc) is 2.44. The maximum Gasteiger partial charge on any atom is 0.256 e. The van der Waals surface area contributed by atoms with E-state index in [2.05, 4.69) is 10.3 Å². The standard InChI is InChI=1S/C14H13F3N2O/c1-2-18-8-9-6-7-19-14(12(9)16)20-11-5-3-4-10(15)13(11)17/h3-7,18H,2,8H2,1H3. The highest BCUT2D eigenvalue weighted by molar-refractivity contribution is 5.32. The Labute approximate surface area is 114 Å². The first-order valence-electron chi connectivity index (χ1n) is 6.09. The van der Waals surface area contributed by atoms with Crippen LogP contribution in [0.25, 0.3) is 0 Å². The molecule has 0 aliphatic rings. The number of nitrogens with one attached hydrogen (secondary N) is 1. The van der Waals surface area contributed by atoms with Crippen molar-refractivity contribution in [3.05, 3.63) is 53.5 Å². The van der Waals surface area contributed by atoms with E-state index in [9.17, 15) is 13.2 Å². The van der Waals surface area contributed by atoms with Crippen molar-refractivity contribution >= 4 is 0 Å². The van der Waals surface area contributed by atoms with Crippen LogP contribution in [-0.4, -0.2) is 11.5 Å². The number of halogens is 3. The molecule has 0 saturated carbocycles. The Morgan fingerprint density at radius 3 is 2.70 bits per heavy atom. The number of ether oxygens (including phenoxy) is 1. The Morgan fingerprint density at radius 2 is 1.95 bits per heavy atom. The molecule has 1 N–H and O–H groups in total. The molecule has 0 aliphatic heterocycles. The highest BCUT2D eigenvalue weighted by Crippen LogP contribution is 2.27. The smallest absolute Gasteiger partial charge is 0.256 e. The number of nitrogens with zero attached hydrogens (tertiary/aromatic N) is 1. The first kappa shape index (κ1) is 14.3. The third-order valence-corrected chi connectivity index (χ3v) is 2.63. The quantitative estimate of drug-likeness (QED) is 0.912. The van der Waals surface area contributed by atoms with Crippen molar-refractivity contribution in [2.24, 2.45) is 0 Å². The summed E-state index contributed by atoms with van der Waals surface area (Å²) in [7, 11) is 0. The average molecular weight is 282 g/mol. The highest BCUT2D eigenvalue weighted by Gasteiger charge is 2.15. The zero-order valence-corrected chi connectivity index (χ0v) is 10.8.